The molecule has 1 aromatic carbocycles. The first-order valence-corrected chi connectivity index (χ1v) is 11.5. The minimum Gasteiger partial charge on any atom is -0.379 e. The SMILES string of the molecule is CN=C(NCCc1c[nH]c2cccc(C)c12)NCC(c1cccs1)N1CCOCC1. The molecule has 3 aromatic rings. The molecule has 4 rings (SSSR count). The molecule has 1 saturated heterocycles. The number of fused-ring (bicyclic) bond motifs is 1. The summed E-state index contributed by atoms with van der Waals surface area (Å²) in [7, 11) is 1.83. The van der Waals surface area contributed by atoms with Crippen molar-refractivity contribution >= 4 is 28.2 Å². The normalized spacial score (nSPS) is 16.7. The van der Waals surface area contributed by atoms with Crippen LogP contribution in [0.5, 0.6) is 0 Å². The Morgan fingerprint density at radius 2 is 2.10 bits per heavy atom. The number of thiophene rings is 1. The predicted octanol–water partition coefficient (Wildman–Crippen LogP) is 3.32. The lowest BCUT2D eigenvalue weighted by Gasteiger charge is -2.34. The summed E-state index contributed by atoms with van der Waals surface area (Å²) in [5.41, 5.74) is 3.86. The maximum Gasteiger partial charge on any atom is 0.191 e. The average molecular weight is 426 g/mol. The van der Waals surface area contributed by atoms with Crippen molar-refractivity contribution in [2.24, 2.45) is 4.99 Å². The van der Waals surface area contributed by atoms with Crippen molar-refractivity contribution in [3.8, 4) is 0 Å². The fraction of sp³-hybridized carbons (Fsp3) is 0.435. The zero-order valence-electron chi connectivity index (χ0n) is 17.8. The number of morpholine rings is 1. The van der Waals surface area contributed by atoms with Crippen LogP contribution in [-0.4, -0.2) is 62.3 Å². The minimum atomic E-state index is 0.337. The second kappa shape index (κ2) is 10.1. The molecule has 1 fully saturated rings. The number of hydrogen-bond donors (Lipinski definition) is 3. The molecule has 0 bridgehead atoms. The first kappa shape index (κ1) is 20.9. The number of H-pyrrole nitrogens is 1. The van der Waals surface area contributed by atoms with Crippen LogP contribution in [0.15, 0.2) is 46.9 Å². The average Bonchev–Trinajstić information content (AvgIpc) is 3.44. The fourth-order valence-electron chi connectivity index (χ4n) is 4.16. The van der Waals surface area contributed by atoms with E-state index < -0.39 is 0 Å². The van der Waals surface area contributed by atoms with E-state index in [4.69, 9.17) is 4.74 Å². The highest BCUT2D eigenvalue weighted by atomic mass is 32.1. The number of ether oxygens (including phenoxy) is 1. The molecule has 1 atom stereocenters. The van der Waals surface area contributed by atoms with Gasteiger partial charge >= 0.3 is 0 Å². The quantitative estimate of drug-likeness (QED) is 0.401. The summed E-state index contributed by atoms with van der Waals surface area (Å²) in [4.78, 5) is 11.7. The summed E-state index contributed by atoms with van der Waals surface area (Å²) in [6.07, 6.45) is 3.07. The van der Waals surface area contributed by atoms with Gasteiger partial charge in [0.2, 0.25) is 0 Å². The minimum absolute atomic E-state index is 0.337. The molecule has 0 amide bonds. The number of aryl methyl sites for hydroxylation is 1. The number of nitrogens with one attached hydrogen (secondary N) is 3. The lowest BCUT2D eigenvalue weighted by Crippen LogP contribution is -2.46. The highest BCUT2D eigenvalue weighted by Crippen LogP contribution is 2.25. The first-order valence-electron chi connectivity index (χ1n) is 10.6. The summed E-state index contributed by atoms with van der Waals surface area (Å²) in [6.45, 7) is 7.38. The maximum absolute atomic E-state index is 5.54. The number of guanidine groups is 1. The zero-order valence-corrected chi connectivity index (χ0v) is 18.6. The van der Waals surface area contributed by atoms with Crippen molar-refractivity contribution in [2.45, 2.75) is 19.4 Å². The number of aromatic nitrogens is 1. The van der Waals surface area contributed by atoms with Crippen LogP contribution in [0.3, 0.4) is 0 Å². The predicted molar refractivity (Wildman–Crippen MR) is 126 cm³/mol. The maximum atomic E-state index is 5.54. The summed E-state index contributed by atoms with van der Waals surface area (Å²) in [5.74, 6) is 0.848. The molecule has 6 nitrogen and oxygen atoms in total. The molecule has 0 radical (unpaired) electrons. The van der Waals surface area contributed by atoms with E-state index in [0.717, 1.165) is 51.8 Å². The lowest BCUT2D eigenvalue weighted by molar-refractivity contribution is 0.0177. The molecule has 0 spiro atoms. The second-order valence-corrected chi connectivity index (χ2v) is 8.60. The van der Waals surface area contributed by atoms with Gasteiger partial charge in [0, 0.05) is 55.2 Å². The van der Waals surface area contributed by atoms with Crippen LogP contribution < -0.4 is 10.6 Å². The zero-order chi connectivity index (χ0) is 20.8. The van der Waals surface area contributed by atoms with Crippen molar-refractivity contribution in [2.75, 3.05) is 46.4 Å². The summed E-state index contributed by atoms with van der Waals surface area (Å²) < 4.78 is 5.54. The van der Waals surface area contributed by atoms with Gasteiger partial charge < -0.3 is 20.4 Å². The van der Waals surface area contributed by atoms with Crippen LogP contribution in [0.25, 0.3) is 10.9 Å². The van der Waals surface area contributed by atoms with Crippen LogP contribution in [0.4, 0.5) is 0 Å². The molecule has 7 heteroatoms. The molecule has 3 heterocycles. The number of rotatable bonds is 7. The third-order valence-corrected chi connectivity index (χ3v) is 6.70. The first-order chi connectivity index (χ1) is 14.8. The standard InChI is InChI=1S/C23H31N5OS/c1-17-5-3-6-19-22(17)18(15-26-19)8-9-25-23(24-2)27-16-20(21-7-4-14-30-21)28-10-12-29-13-11-28/h3-7,14-15,20,26H,8-13,16H2,1-2H3,(H2,24,25,27). The number of nitrogens with zero attached hydrogens (tertiary/aromatic N) is 2. The Morgan fingerprint density at radius 1 is 1.23 bits per heavy atom. The van der Waals surface area contributed by atoms with Crippen LogP contribution in [0.2, 0.25) is 0 Å². The van der Waals surface area contributed by atoms with Gasteiger partial charge in [-0.3, -0.25) is 9.89 Å². The Bertz CT molecular complexity index is 959. The van der Waals surface area contributed by atoms with E-state index in [0.29, 0.717) is 6.04 Å². The van der Waals surface area contributed by atoms with Crippen molar-refractivity contribution in [1.29, 1.82) is 0 Å². The van der Waals surface area contributed by atoms with E-state index in [1.807, 2.05) is 18.4 Å². The molecular weight excluding hydrogens is 394 g/mol. The van der Waals surface area contributed by atoms with E-state index in [1.165, 1.54) is 26.9 Å². The van der Waals surface area contributed by atoms with E-state index >= 15 is 0 Å². The molecule has 1 unspecified atom stereocenters. The van der Waals surface area contributed by atoms with Gasteiger partial charge in [-0.15, -0.1) is 11.3 Å². The van der Waals surface area contributed by atoms with Crippen molar-refractivity contribution in [3.63, 3.8) is 0 Å². The van der Waals surface area contributed by atoms with E-state index in [1.54, 1.807) is 0 Å². The van der Waals surface area contributed by atoms with Gasteiger partial charge in [-0.05, 0) is 42.0 Å². The second-order valence-electron chi connectivity index (χ2n) is 7.62. The van der Waals surface area contributed by atoms with E-state index in [2.05, 4.69) is 74.3 Å². The Labute approximate surface area is 182 Å². The van der Waals surface area contributed by atoms with Crippen molar-refractivity contribution < 1.29 is 4.74 Å². The number of aliphatic imine (C=N–C) groups is 1. The van der Waals surface area contributed by atoms with Gasteiger partial charge in [-0.25, -0.2) is 0 Å². The Morgan fingerprint density at radius 3 is 2.87 bits per heavy atom. The summed E-state index contributed by atoms with van der Waals surface area (Å²) in [5, 5.41) is 10.5. The molecule has 30 heavy (non-hydrogen) atoms. The van der Waals surface area contributed by atoms with Crippen molar-refractivity contribution in [3.05, 3.63) is 57.9 Å². The molecule has 1 aliphatic rings. The number of aromatic amines is 1. The van der Waals surface area contributed by atoms with Gasteiger partial charge in [0.05, 0.1) is 19.3 Å². The number of hydrogen-bond acceptors (Lipinski definition) is 4. The third-order valence-electron chi connectivity index (χ3n) is 5.73. The summed E-state index contributed by atoms with van der Waals surface area (Å²) >= 11 is 1.82. The smallest absolute Gasteiger partial charge is 0.191 e. The highest BCUT2D eigenvalue weighted by Gasteiger charge is 2.23. The molecular formula is C23H31N5OS. The van der Waals surface area contributed by atoms with E-state index in [9.17, 15) is 0 Å². The van der Waals surface area contributed by atoms with Gasteiger partial charge in [0.1, 0.15) is 0 Å². The van der Waals surface area contributed by atoms with Gasteiger partial charge in [-0.1, -0.05) is 18.2 Å². The molecule has 0 saturated carbocycles. The Balaban J connectivity index is 1.33. The Hall–Kier alpha value is -2.35. The van der Waals surface area contributed by atoms with Gasteiger partial charge in [0.25, 0.3) is 0 Å². The molecule has 2 aromatic heterocycles. The molecule has 160 valence electrons. The monoisotopic (exact) mass is 425 g/mol. The van der Waals surface area contributed by atoms with Crippen LogP contribution in [0.1, 0.15) is 22.0 Å². The lowest BCUT2D eigenvalue weighted by atomic mass is 10.1. The van der Waals surface area contributed by atoms with Crippen LogP contribution in [-0.2, 0) is 11.2 Å². The van der Waals surface area contributed by atoms with E-state index in [-0.39, 0.29) is 0 Å². The van der Waals surface area contributed by atoms with Gasteiger partial charge in [0.15, 0.2) is 5.96 Å². The molecule has 3 N–H and O–H groups in total. The molecule has 0 aliphatic carbocycles. The van der Waals surface area contributed by atoms with Crippen LogP contribution >= 0.6 is 11.3 Å². The Kier molecular flexibility index (Phi) is 7.04. The summed E-state index contributed by atoms with van der Waals surface area (Å²) in [6, 6.07) is 11.1. The number of benzene rings is 1. The molecule has 1 aliphatic heterocycles. The third kappa shape index (κ3) is 4.86. The van der Waals surface area contributed by atoms with Gasteiger partial charge in [-0.2, -0.15) is 0 Å². The highest BCUT2D eigenvalue weighted by molar-refractivity contribution is 7.10. The largest absolute Gasteiger partial charge is 0.379 e. The van der Waals surface area contributed by atoms with Crippen molar-refractivity contribution in [1.82, 2.24) is 20.5 Å². The fourth-order valence-corrected chi connectivity index (χ4v) is 5.02. The topological polar surface area (TPSA) is 64.7 Å². The van der Waals surface area contributed by atoms with Crippen LogP contribution in [0, 0.1) is 6.92 Å².